The predicted octanol–water partition coefficient (Wildman–Crippen LogP) is 28.6. The molecule has 0 fully saturated rings. The third kappa shape index (κ3) is 83.8. The first-order valence-corrected chi connectivity index (χ1v) is 44.0. The van der Waals surface area contributed by atoms with Crippen molar-refractivity contribution in [1.82, 2.24) is 0 Å². The van der Waals surface area contributed by atoms with Crippen molar-refractivity contribution in [2.75, 3.05) is 47.5 Å². The first-order valence-electron chi connectivity index (χ1n) is 42.5. The fourth-order valence-electron chi connectivity index (χ4n) is 12.5. The van der Waals surface area contributed by atoms with Gasteiger partial charge in [0.25, 0.3) is 0 Å². The number of likely N-dealkylation sites (N-methyl/N-ethyl adjacent to an activating group) is 1. The Hall–Kier alpha value is -3.07. The monoisotopic (exact) mass is 1410 g/mol. The number of unbranched alkanes of at least 4 members (excludes halogenated alkanes) is 49. The third-order valence-electron chi connectivity index (χ3n) is 18.9. The summed E-state index contributed by atoms with van der Waals surface area (Å²) in [5.74, 6) is -0.789. The minimum absolute atomic E-state index is 0.0289. The molecular formula is C89H163NO8P+. The minimum Gasteiger partial charge on any atom is -0.462 e. The molecule has 0 spiro atoms. The summed E-state index contributed by atoms with van der Waals surface area (Å²) in [5.41, 5.74) is 0. The zero-order chi connectivity index (χ0) is 71.8. The van der Waals surface area contributed by atoms with Gasteiger partial charge >= 0.3 is 19.8 Å². The fraction of sp³-hybridized carbons (Fsp3) is 0.798. The fourth-order valence-corrected chi connectivity index (χ4v) is 13.2. The van der Waals surface area contributed by atoms with E-state index in [-0.39, 0.29) is 32.0 Å². The van der Waals surface area contributed by atoms with Gasteiger partial charge in [-0.3, -0.25) is 18.6 Å². The van der Waals surface area contributed by atoms with Crippen molar-refractivity contribution in [3.63, 3.8) is 0 Å². The number of ether oxygens (including phenoxy) is 2. The summed E-state index contributed by atoms with van der Waals surface area (Å²) < 4.78 is 34.8. The van der Waals surface area contributed by atoms with Gasteiger partial charge in [-0.2, -0.15) is 0 Å². The van der Waals surface area contributed by atoms with E-state index in [2.05, 4.69) is 111 Å². The molecule has 0 amide bonds. The van der Waals surface area contributed by atoms with Gasteiger partial charge in [0.2, 0.25) is 0 Å². The lowest BCUT2D eigenvalue weighted by molar-refractivity contribution is -0.870. The smallest absolute Gasteiger partial charge is 0.462 e. The van der Waals surface area contributed by atoms with Gasteiger partial charge in [0, 0.05) is 12.8 Å². The summed E-state index contributed by atoms with van der Waals surface area (Å²) in [4.78, 5) is 36.0. The highest BCUT2D eigenvalue weighted by Gasteiger charge is 2.27. The van der Waals surface area contributed by atoms with Gasteiger partial charge in [0.15, 0.2) is 6.10 Å². The SMILES string of the molecule is CC/C=C\C/C=C\C/C=C\C/C=C\C/C=C\C/C=C\C/C=C\C/C=C\CCCCCCCCCCCCC(=O)OC(COC(=O)CCCCCCCCCCCCCCCCCCCCCCCCCCCCCCCCCCCCCCCCCC)COP(=O)(O)OCC[N+](C)(C)C. The molecule has 0 aromatic heterocycles. The van der Waals surface area contributed by atoms with Crippen LogP contribution >= 0.6 is 7.82 Å². The van der Waals surface area contributed by atoms with Crippen LogP contribution in [-0.4, -0.2) is 74.9 Å². The second kappa shape index (κ2) is 79.1. The van der Waals surface area contributed by atoms with Gasteiger partial charge in [0.05, 0.1) is 27.7 Å². The number of phosphoric ester groups is 1. The molecule has 9 nitrogen and oxygen atoms in total. The molecule has 0 aromatic carbocycles. The van der Waals surface area contributed by atoms with Crippen molar-refractivity contribution >= 4 is 19.8 Å². The van der Waals surface area contributed by atoms with E-state index < -0.39 is 26.5 Å². The first kappa shape index (κ1) is 95.9. The molecule has 10 heteroatoms. The van der Waals surface area contributed by atoms with E-state index in [9.17, 15) is 19.0 Å². The number of nitrogens with zero attached hydrogens (tertiary/aromatic N) is 1. The van der Waals surface area contributed by atoms with Gasteiger partial charge in [0.1, 0.15) is 19.8 Å². The van der Waals surface area contributed by atoms with Crippen molar-refractivity contribution in [3.05, 3.63) is 97.2 Å². The van der Waals surface area contributed by atoms with Gasteiger partial charge in [-0.25, -0.2) is 4.57 Å². The average molecular weight is 1410 g/mol. The average Bonchev–Trinajstić information content (AvgIpc) is 1.06. The van der Waals surface area contributed by atoms with Crippen LogP contribution in [0.15, 0.2) is 97.2 Å². The highest BCUT2D eigenvalue weighted by molar-refractivity contribution is 7.47. The summed E-state index contributed by atoms with van der Waals surface area (Å²) >= 11 is 0. The van der Waals surface area contributed by atoms with Gasteiger partial charge in [-0.15, -0.1) is 0 Å². The molecule has 0 saturated heterocycles. The highest BCUT2D eigenvalue weighted by Crippen LogP contribution is 2.43. The zero-order valence-corrected chi connectivity index (χ0v) is 66.9. The van der Waals surface area contributed by atoms with Gasteiger partial charge in [-0.05, 0) is 77.0 Å². The maximum atomic E-state index is 12.9. The van der Waals surface area contributed by atoms with Crippen LogP contribution in [-0.2, 0) is 32.7 Å². The number of allylic oxidation sites excluding steroid dienone is 16. The van der Waals surface area contributed by atoms with Crippen LogP contribution in [0.25, 0.3) is 0 Å². The second-order valence-corrected chi connectivity index (χ2v) is 31.3. The highest BCUT2D eigenvalue weighted by atomic mass is 31.2. The van der Waals surface area contributed by atoms with E-state index in [1.807, 2.05) is 21.1 Å². The minimum atomic E-state index is -4.40. The summed E-state index contributed by atoms with van der Waals surface area (Å²) in [6.07, 6.45) is 112. The lowest BCUT2D eigenvalue weighted by atomic mass is 10.0. The Balaban J connectivity index is 3.93. The number of carbonyl (C=O) groups excluding carboxylic acids is 2. The maximum absolute atomic E-state index is 12.9. The maximum Gasteiger partial charge on any atom is 0.472 e. The normalized spacial score (nSPS) is 13.5. The van der Waals surface area contributed by atoms with E-state index in [0.717, 1.165) is 96.3 Å². The zero-order valence-electron chi connectivity index (χ0n) is 66.0. The van der Waals surface area contributed by atoms with Crippen molar-refractivity contribution in [2.45, 2.75) is 412 Å². The van der Waals surface area contributed by atoms with Gasteiger partial charge in [-0.1, -0.05) is 413 Å². The molecule has 2 unspecified atom stereocenters. The lowest BCUT2D eigenvalue weighted by Gasteiger charge is -2.24. The van der Waals surface area contributed by atoms with E-state index in [4.69, 9.17) is 18.5 Å². The molecule has 0 aromatic rings. The molecule has 0 saturated carbocycles. The van der Waals surface area contributed by atoms with E-state index in [1.165, 1.54) is 276 Å². The number of quaternary nitrogens is 1. The van der Waals surface area contributed by atoms with E-state index in [0.29, 0.717) is 17.4 Å². The Morgan fingerprint density at radius 2 is 0.576 bits per heavy atom. The van der Waals surface area contributed by atoms with E-state index >= 15 is 0 Å². The molecule has 1 N–H and O–H groups in total. The molecule has 0 rings (SSSR count). The molecule has 0 bridgehead atoms. The molecule has 99 heavy (non-hydrogen) atoms. The Labute approximate surface area is 614 Å². The number of hydrogen-bond acceptors (Lipinski definition) is 7. The number of rotatable bonds is 79. The standard InChI is InChI=1S/C89H162NO8P/c1-6-8-10-12-14-16-18-20-22-24-26-28-30-32-34-36-38-40-42-43-44-45-46-48-49-51-53-55-57-59-61-63-65-67-69-71-73-75-77-79-81-88(91)95-85-87(86-97-99(93,94)96-84-83-90(3,4)5)98-89(92)82-80-78-76-74-72-70-68-66-64-62-60-58-56-54-52-50-47-41-39-37-35-33-31-29-27-25-23-21-19-17-15-13-11-9-7-2/h9,11,15,17,21,23,27,29,33,35,39,41,50,52,56,58,87H,6-8,10,12-14,16,18-20,22,24-26,28,30-32,34,36-38,40,42-49,51,53-55,57,59-86H2,1-5H3/p+1/b11-9-,17-15-,23-21-,29-27-,35-33-,41-39-,52-50-,58-56-. The number of phosphoric acid groups is 1. The Bertz CT molecular complexity index is 2000. The summed E-state index contributed by atoms with van der Waals surface area (Å²) in [6, 6.07) is 0. The van der Waals surface area contributed by atoms with Crippen molar-refractivity contribution in [3.8, 4) is 0 Å². The van der Waals surface area contributed by atoms with Crippen LogP contribution in [0, 0.1) is 0 Å². The van der Waals surface area contributed by atoms with Crippen LogP contribution in [0.5, 0.6) is 0 Å². The van der Waals surface area contributed by atoms with Crippen molar-refractivity contribution < 1.29 is 42.1 Å². The lowest BCUT2D eigenvalue weighted by Crippen LogP contribution is -2.37. The summed E-state index contributed by atoms with van der Waals surface area (Å²) in [6.45, 7) is 4.37. The van der Waals surface area contributed by atoms with Crippen LogP contribution in [0.3, 0.4) is 0 Å². The molecule has 0 aliphatic carbocycles. The first-order chi connectivity index (χ1) is 48.5. The van der Waals surface area contributed by atoms with E-state index in [1.54, 1.807) is 0 Å². The Morgan fingerprint density at radius 3 is 0.859 bits per heavy atom. The van der Waals surface area contributed by atoms with Crippen LogP contribution < -0.4 is 0 Å². The van der Waals surface area contributed by atoms with Crippen molar-refractivity contribution in [2.24, 2.45) is 0 Å². The second-order valence-electron chi connectivity index (χ2n) is 29.8. The Kier molecular flexibility index (Phi) is 76.6. The van der Waals surface area contributed by atoms with Crippen LogP contribution in [0.2, 0.25) is 0 Å². The number of hydrogen-bond donors (Lipinski definition) is 1. The molecular weight excluding hydrogens is 1240 g/mol. The molecule has 2 atom stereocenters. The molecule has 0 aliphatic heterocycles. The molecule has 0 heterocycles. The quantitative estimate of drug-likeness (QED) is 0.0211. The van der Waals surface area contributed by atoms with Crippen LogP contribution in [0.1, 0.15) is 406 Å². The predicted molar refractivity (Wildman–Crippen MR) is 432 cm³/mol. The number of esters is 2. The summed E-state index contributed by atoms with van der Waals surface area (Å²) in [5, 5.41) is 0. The topological polar surface area (TPSA) is 108 Å². The molecule has 0 radical (unpaired) electrons. The number of carbonyl (C=O) groups is 2. The third-order valence-corrected chi connectivity index (χ3v) is 19.9. The van der Waals surface area contributed by atoms with Crippen LogP contribution in [0.4, 0.5) is 0 Å². The Morgan fingerprint density at radius 1 is 0.323 bits per heavy atom. The summed E-state index contributed by atoms with van der Waals surface area (Å²) in [7, 11) is 1.48. The largest absolute Gasteiger partial charge is 0.472 e. The molecule has 0 aliphatic rings. The van der Waals surface area contributed by atoms with Gasteiger partial charge < -0.3 is 18.9 Å². The van der Waals surface area contributed by atoms with Crippen molar-refractivity contribution in [1.29, 1.82) is 0 Å². The molecule has 576 valence electrons.